The summed E-state index contributed by atoms with van der Waals surface area (Å²) in [6.45, 7) is 1.87. The highest BCUT2D eigenvalue weighted by Gasteiger charge is 1.94. The van der Waals surface area contributed by atoms with Crippen LogP contribution in [0.1, 0.15) is 11.3 Å². The number of nitrogens with two attached hydrogens (primary N) is 1. The quantitative estimate of drug-likeness (QED) is 0.563. The molecular formula is C7H9N3. The van der Waals surface area contributed by atoms with E-state index in [0.29, 0.717) is 5.69 Å². The molecular weight excluding hydrogens is 126 g/mol. The average Bonchev–Trinajstić information content (AvgIpc) is 1.94. The predicted octanol–water partition coefficient (Wildman–Crippen LogP) is 0.970. The second-order valence-corrected chi connectivity index (χ2v) is 2.10. The molecule has 0 bridgehead atoms. The van der Waals surface area contributed by atoms with Crippen molar-refractivity contribution in [1.29, 1.82) is 5.41 Å². The average molecular weight is 135 g/mol. The van der Waals surface area contributed by atoms with E-state index in [9.17, 15) is 0 Å². The van der Waals surface area contributed by atoms with Gasteiger partial charge in [0.05, 0.1) is 11.9 Å². The molecule has 0 aliphatic heterocycles. The standard InChI is InChI=1S/C7H9N3/c1-5-2-6(3-8)7(9)4-10-5/h2-4,8H,9H2,1H3. The van der Waals surface area contributed by atoms with Gasteiger partial charge in [0.25, 0.3) is 0 Å². The third kappa shape index (κ3) is 1.13. The Hall–Kier alpha value is -1.38. The highest BCUT2D eigenvalue weighted by molar-refractivity contribution is 5.84. The van der Waals surface area contributed by atoms with Crippen molar-refractivity contribution < 1.29 is 0 Å². The second kappa shape index (κ2) is 2.47. The number of nitrogen functional groups attached to an aromatic ring is 1. The number of anilines is 1. The highest BCUT2D eigenvalue weighted by Crippen LogP contribution is 2.07. The van der Waals surface area contributed by atoms with Gasteiger partial charge >= 0.3 is 0 Å². The molecule has 0 spiro atoms. The molecule has 1 heterocycles. The SMILES string of the molecule is Cc1cc(C=N)c(N)cn1. The molecule has 0 amide bonds. The van der Waals surface area contributed by atoms with Crippen molar-refractivity contribution in [2.24, 2.45) is 0 Å². The van der Waals surface area contributed by atoms with E-state index >= 15 is 0 Å². The molecule has 10 heavy (non-hydrogen) atoms. The zero-order valence-corrected chi connectivity index (χ0v) is 5.76. The van der Waals surface area contributed by atoms with E-state index in [1.807, 2.05) is 6.92 Å². The molecule has 3 N–H and O–H groups in total. The Labute approximate surface area is 59.4 Å². The molecule has 0 saturated heterocycles. The molecule has 0 aliphatic carbocycles. The van der Waals surface area contributed by atoms with Crippen molar-refractivity contribution in [3.63, 3.8) is 0 Å². The van der Waals surface area contributed by atoms with Gasteiger partial charge in [-0.1, -0.05) is 0 Å². The van der Waals surface area contributed by atoms with Crippen LogP contribution in [0, 0.1) is 12.3 Å². The first kappa shape index (κ1) is 6.74. The summed E-state index contributed by atoms with van der Waals surface area (Å²) in [5.41, 5.74) is 7.65. The van der Waals surface area contributed by atoms with Gasteiger partial charge in [0.1, 0.15) is 0 Å². The van der Waals surface area contributed by atoms with Gasteiger partial charge in [-0.15, -0.1) is 0 Å². The van der Waals surface area contributed by atoms with Crippen LogP contribution in [0.5, 0.6) is 0 Å². The largest absolute Gasteiger partial charge is 0.397 e. The molecule has 3 heteroatoms. The summed E-state index contributed by atoms with van der Waals surface area (Å²) in [7, 11) is 0. The van der Waals surface area contributed by atoms with E-state index in [-0.39, 0.29) is 0 Å². The number of nitrogens with zero attached hydrogens (tertiary/aromatic N) is 1. The number of pyridine rings is 1. The van der Waals surface area contributed by atoms with Crippen LogP contribution in [0.25, 0.3) is 0 Å². The molecule has 0 radical (unpaired) electrons. The molecule has 0 aromatic carbocycles. The van der Waals surface area contributed by atoms with Gasteiger partial charge in [-0.2, -0.15) is 0 Å². The minimum absolute atomic E-state index is 0.556. The first-order valence-electron chi connectivity index (χ1n) is 2.96. The minimum Gasteiger partial charge on any atom is -0.397 e. The molecule has 52 valence electrons. The van der Waals surface area contributed by atoms with E-state index in [4.69, 9.17) is 11.1 Å². The smallest absolute Gasteiger partial charge is 0.0589 e. The monoisotopic (exact) mass is 135 g/mol. The molecule has 1 rings (SSSR count). The number of aryl methyl sites for hydroxylation is 1. The zero-order chi connectivity index (χ0) is 7.56. The molecule has 1 aromatic rings. The fourth-order valence-corrected chi connectivity index (χ4v) is 0.717. The van der Waals surface area contributed by atoms with Gasteiger partial charge in [0.2, 0.25) is 0 Å². The second-order valence-electron chi connectivity index (χ2n) is 2.10. The Morgan fingerprint density at radius 2 is 2.40 bits per heavy atom. The summed E-state index contributed by atoms with van der Waals surface area (Å²) < 4.78 is 0. The third-order valence-corrected chi connectivity index (χ3v) is 1.26. The van der Waals surface area contributed by atoms with Crippen LogP contribution in [0.3, 0.4) is 0 Å². The summed E-state index contributed by atoms with van der Waals surface area (Å²) in [6.07, 6.45) is 2.79. The Bertz CT molecular complexity index is 255. The number of nitrogens with one attached hydrogen (secondary N) is 1. The topological polar surface area (TPSA) is 62.8 Å². The van der Waals surface area contributed by atoms with Gasteiger partial charge in [0.15, 0.2) is 0 Å². The number of aromatic nitrogens is 1. The molecule has 0 atom stereocenters. The van der Waals surface area contributed by atoms with Crippen LogP contribution in [0.15, 0.2) is 12.3 Å². The van der Waals surface area contributed by atoms with E-state index < -0.39 is 0 Å². The molecule has 1 aromatic heterocycles. The van der Waals surface area contributed by atoms with Crippen molar-refractivity contribution in [3.05, 3.63) is 23.5 Å². The van der Waals surface area contributed by atoms with Crippen molar-refractivity contribution in [2.45, 2.75) is 6.92 Å². The Morgan fingerprint density at radius 3 is 2.90 bits per heavy atom. The predicted molar refractivity (Wildman–Crippen MR) is 41.3 cm³/mol. The fourth-order valence-electron chi connectivity index (χ4n) is 0.717. The van der Waals surface area contributed by atoms with Crippen LogP contribution in [-0.2, 0) is 0 Å². The zero-order valence-electron chi connectivity index (χ0n) is 5.76. The van der Waals surface area contributed by atoms with E-state index in [2.05, 4.69) is 4.98 Å². The first-order valence-corrected chi connectivity index (χ1v) is 2.96. The van der Waals surface area contributed by atoms with Gasteiger partial charge in [-0.3, -0.25) is 4.98 Å². The van der Waals surface area contributed by atoms with Gasteiger partial charge in [0, 0.05) is 17.5 Å². The van der Waals surface area contributed by atoms with Crippen molar-refractivity contribution in [2.75, 3.05) is 5.73 Å². The van der Waals surface area contributed by atoms with Crippen LogP contribution in [0.2, 0.25) is 0 Å². The maximum atomic E-state index is 6.95. The lowest BCUT2D eigenvalue weighted by Crippen LogP contribution is -1.94. The van der Waals surface area contributed by atoms with Gasteiger partial charge < -0.3 is 11.1 Å². The van der Waals surface area contributed by atoms with Gasteiger partial charge in [-0.05, 0) is 13.0 Å². The number of hydrogen-bond acceptors (Lipinski definition) is 3. The van der Waals surface area contributed by atoms with Crippen LogP contribution in [0.4, 0.5) is 5.69 Å². The molecule has 0 unspecified atom stereocenters. The molecule has 0 fully saturated rings. The number of rotatable bonds is 1. The van der Waals surface area contributed by atoms with Crippen molar-refractivity contribution in [1.82, 2.24) is 4.98 Å². The maximum absolute atomic E-state index is 6.95. The minimum atomic E-state index is 0.556. The summed E-state index contributed by atoms with van der Waals surface area (Å²) in [4.78, 5) is 3.96. The van der Waals surface area contributed by atoms with Crippen LogP contribution >= 0.6 is 0 Å². The summed E-state index contributed by atoms with van der Waals surface area (Å²) in [6, 6.07) is 1.78. The summed E-state index contributed by atoms with van der Waals surface area (Å²) in [5, 5.41) is 6.95. The number of hydrogen-bond donors (Lipinski definition) is 2. The van der Waals surface area contributed by atoms with E-state index in [1.54, 1.807) is 12.3 Å². The Morgan fingerprint density at radius 1 is 1.70 bits per heavy atom. The normalized spacial score (nSPS) is 9.30. The van der Waals surface area contributed by atoms with E-state index in [1.165, 1.54) is 6.21 Å². The highest BCUT2D eigenvalue weighted by atomic mass is 14.7. The summed E-state index contributed by atoms with van der Waals surface area (Å²) in [5.74, 6) is 0. The Kier molecular flexibility index (Phi) is 1.67. The lowest BCUT2D eigenvalue weighted by atomic mass is 10.2. The lowest BCUT2D eigenvalue weighted by molar-refractivity contribution is 1.20. The maximum Gasteiger partial charge on any atom is 0.0589 e. The first-order chi connectivity index (χ1) is 4.74. The summed E-state index contributed by atoms with van der Waals surface area (Å²) >= 11 is 0. The molecule has 0 aliphatic rings. The van der Waals surface area contributed by atoms with Crippen LogP contribution < -0.4 is 5.73 Å². The molecule has 3 nitrogen and oxygen atoms in total. The third-order valence-electron chi connectivity index (χ3n) is 1.26. The fraction of sp³-hybridized carbons (Fsp3) is 0.143. The van der Waals surface area contributed by atoms with E-state index in [0.717, 1.165) is 11.3 Å². The van der Waals surface area contributed by atoms with Crippen molar-refractivity contribution >= 4 is 11.9 Å². The Balaban J connectivity index is 3.21. The molecule has 0 saturated carbocycles. The van der Waals surface area contributed by atoms with Crippen molar-refractivity contribution in [3.8, 4) is 0 Å². The lowest BCUT2D eigenvalue weighted by Gasteiger charge is -1.97. The van der Waals surface area contributed by atoms with Crippen LogP contribution in [-0.4, -0.2) is 11.2 Å². The van der Waals surface area contributed by atoms with Gasteiger partial charge in [-0.25, -0.2) is 0 Å².